The van der Waals surface area contributed by atoms with Gasteiger partial charge in [0.2, 0.25) is 0 Å². The zero-order valence-corrected chi connectivity index (χ0v) is 15.7. The lowest BCUT2D eigenvalue weighted by molar-refractivity contribution is -0.141. The number of hydrogen-bond acceptors (Lipinski definition) is 4. The second kappa shape index (κ2) is 7.53. The molecule has 5 nitrogen and oxygen atoms in total. The molecular formula is C20H22F3N5. The predicted octanol–water partition coefficient (Wildman–Crippen LogP) is 4.68. The summed E-state index contributed by atoms with van der Waals surface area (Å²) in [5, 5.41) is 11.7. The first-order valence-corrected chi connectivity index (χ1v) is 9.01. The SMILES string of the molecule is CCN(CC)c1ccc(-c2c(C(F)(F)F)nn(C3C=CC=CC3=N)c2N)cc1. The van der Waals surface area contributed by atoms with Crippen LogP contribution in [0.2, 0.25) is 0 Å². The fraction of sp³-hybridized carbons (Fsp3) is 0.300. The molecule has 1 atom stereocenters. The molecule has 3 rings (SSSR count). The number of nitrogen functional groups attached to an aromatic ring is 1. The number of alkyl halides is 3. The number of benzene rings is 1. The van der Waals surface area contributed by atoms with E-state index in [2.05, 4.69) is 10.00 Å². The highest BCUT2D eigenvalue weighted by atomic mass is 19.4. The minimum atomic E-state index is -4.66. The first kappa shape index (κ1) is 19.7. The van der Waals surface area contributed by atoms with Gasteiger partial charge < -0.3 is 16.0 Å². The van der Waals surface area contributed by atoms with Gasteiger partial charge in [-0.05, 0) is 37.6 Å². The summed E-state index contributed by atoms with van der Waals surface area (Å²) < 4.78 is 42.1. The van der Waals surface area contributed by atoms with E-state index in [1.165, 1.54) is 6.08 Å². The predicted molar refractivity (Wildman–Crippen MR) is 106 cm³/mol. The molecule has 1 aromatic heterocycles. The number of nitrogens with zero attached hydrogens (tertiary/aromatic N) is 3. The minimum Gasteiger partial charge on any atom is -0.383 e. The maximum Gasteiger partial charge on any atom is 0.435 e. The highest BCUT2D eigenvalue weighted by molar-refractivity contribution is 5.98. The van der Waals surface area contributed by atoms with Gasteiger partial charge in [0.05, 0.1) is 11.3 Å². The van der Waals surface area contributed by atoms with Crippen molar-refractivity contribution in [1.82, 2.24) is 9.78 Å². The van der Waals surface area contributed by atoms with E-state index in [1.54, 1.807) is 42.5 Å². The average Bonchev–Trinajstić information content (AvgIpc) is 3.01. The molecule has 0 radical (unpaired) electrons. The Morgan fingerprint density at radius 3 is 2.32 bits per heavy atom. The smallest absolute Gasteiger partial charge is 0.383 e. The lowest BCUT2D eigenvalue weighted by Gasteiger charge is -2.21. The minimum absolute atomic E-state index is 0.113. The van der Waals surface area contributed by atoms with E-state index in [1.807, 2.05) is 13.8 Å². The van der Waals surface area contributed by atoms with Crippen LogP contribution in [-0.2, 0) is 6.18 Å². The molecule has 0 saturated heterocycles. The first-order chi connectivity index (χ1) is 13.3. The van der Waals surface area contributed by atoms with Crippen molar-refractivity contribution in [2.75, 3.05) is 23.7 Å². The molecule has 148 valence electrons. The summed E-state index contributed by atoms with van der Waals surface area (Å²) in [4.78, 5) is 2.10. The summed E-state index contributed by atoms with van der Waals surface area (Å²) in [6.07, 6.45) is 1.75. The van der Waals surface area contributed by atoms with E-state index in [0.29, 0.717) is 5.56 Å². The van der Waals surface area contributed by atoms with Crippen LogP contribution in [0.25, 0.3) is 11.1 Å². The van der Waals surface area contributed by atoms with E-state index in [0.717, 1.165) is 23.5 Å². The highest BCUT2D eigenvalue weighted by Crippen LogP contribution is 2.41. The number of nitrogens with two attached hydrogens (primary N) is 1. The lowest BCUT2D eigenvalue weighted by atomic mass is 10.0. The van der Waals surface area contributed by atoms with Crippen molar-refractivity contribution < 1.29 is 13.2 Å². The van der Waals surface area contributed by atoms with Gasteiger partial charge in [0, 0.05) is 18.8 Å². The van der Waals surface area contributed by atoms with Crippen LogP contribution < -0.4 is 10.6 Å². The number of nitrogens with one attached hydrogen (secondary N) is 1. The number of hydrogen-bond donors (Lipinski definition) is 2. The van der Waals surface area contributed by atoms with E-state index < -0.39 is 17.9 Å². The maximum absolute atomic E-state index is 13.7. The summed E-state index contributed by atoms with van der Waals surface area (Å²) >= 11 is 0. The van der Waals surface area contributed by atoms with Crippen LogP contribution >= 0.6 is 0 Å². The van der Waals surface area contributed by atoms with Gasteiger partial charge in [0.25, 0.3) is 0 Å². The lowest BCUT2D eigenvalue weighted by Crippen LogP contribution is -2.21. The van der Waals surface area contributed by atoms with E-state index >= 15 is 0 Å². The fourth-order valence-corrected chi connectivity index (χ4v) is 3.31. The van der Waals surface area contributed by atoms with Crippen LogP contribution in [0.1, 0.15) is 25.6 Å². The maximum atomic E-state index is 13.7. The molecule has 0 spiro atoms. The summed E-state index contributed by atoms with van der Waals surface area (Å²) in [6, 6.07) is 6.05. The van der Waals surface area contributed by atoms with Gasteiger partial charge in [-0.15, -0.1) is 0 Å². The Hall–Kier alpha value is -3.03. The molecule has 0 bridgehead atoms. The number of rotatable bonds is 5. The van der Waals surface area contributed by atoms with E-state index in [-0.39, 0.29) is 17.1 Å². The molecule has 0 saturated carbocycles. The standard InChI is InChI=1S/C20H22F3N5/c1-3-27(4-2)14-11-9-13(10-12-14)17-18(20(21,22)23)26-28(19(17)25)16-8-6-5-7-15(16)24/h5-12,16,24H,3-4,25H2,1-2H3. The Bertz CT molecular complexity index is 919. The van der Waals surface area contributed by atoms with E-state index in [4.69, 9.17) is 11.1 Å². The second-order valence-electron chi connectivity index (χ2n) is 6.41. The van der Waals surface area contributed by atoms with Crippen LogP contribution in [0.3, 0.4) is 0 Å². The third-order valence-electron chi connectivity index (χ3n) is 4.76. The van der Waals surface area contributed by atoms with Crippen LogP contribution in [0.5, 0.6) is 0 Å². The molecular weight excluding hydrogens is 367 g/mol. The molecule has 0 amide bonds. The molecule has 28 heavy (non-hydrogen) atoms. The number of allylic oxidation sites excluding steroid dienone is 4. The van der Waals surface area contributed by atoms with Crippen molar-refractivity contribution in [3.05, 3.63) is 54.3 Å². The molecule has 1 aliphatic carbocycles. The average molecular weight is 389 g/mol. The van der Waals surface area contributed by atoms with Gasteiger partial charge in [-0.3, -0.25) is 0 Å². The Morgan fingerprint density at radius 2 is 1.79 bits per heavy atom. The third-order valence-corrected chi connectivity index (χ3v) is 4.76. The summed E-state index contributed by atoms with van der Waals surface area (Å²) in [7, 11) is 0. The molecule has 3 N–H and O–H groups in total. The van der Waals surface area contributed by atoms with Crippen LogP contribution in [0.15, 0.2) is 48.6 Å². The molecule has 1 unspecified atom stereocenters. The van der Waals surface area contributed by atoms with Crippen molar-refractivity contribution in [1.29, 1.82) is 5.41 Å². The number of anilines is 2. The molecule has 1 aromatic carbocycles. The van der Waals surface area contributed by atoms with Crippen molar-refractivity contribution in [2.24, 2.45) is 0 Å². The van der Waals surface area contributed by atoms with Crippen LogP contribution in [0, 0.1) is 5.41 Å². The molecule has 2 aromatic rings. The van der Waals surface area contributed by atoms with Crippen LogP contribution in [-0.4, -0.2) is 28.6 Å². The van der Waals surface area contributed by atoms with Crippen LogP contribution in [0.4, 0.5) is 24.7 Å². The molecule has 1 aliphatic rings. The second-order valence-corrected chi connectivity index (χ2v) is 6.41. The normalized spacial score (nSPS) is 16.6. The van der Waals surface area contributed by atoms with Gasteiger partial charge in [-0.1, -0.05) is 30.4 Å². The largest absolute Gasteiger partial charge is 0.435 e. The Morgan fingerprint density at radius 1 is 1.14 bits per heavy atom. The number of aromatic nitrogens is 2. The zero-order valence-electron chi connectivity index (χ0n) is 15.7. The van der Waals surface area contributed by atoms with Gasteiger partial charge in [-0.2, -0.15) is 18.3 Å². The highest BCUT2D eigenvalue weighted by Gasteiger charge is 2.40. The summed E-state index contributed by atoms with van der Waals surface area (Å²) in [5.74, 6) is -0.113. The van der Waals surface area contributed by atoms with E-state index in [9.17, 15) is 13.2 Å². The Labute approximate surface area is 161 Å². The Balaban J connectivity index is 2.11. The molecule has 1 heterocycles. The third kappa shape index (κ3) is 3.54. The summed E-state index contributed by atoms with van der Waals surface area (Å²) in [5.41, 5.74) is 6.30. The monoisotopic (exact) mass is 389 g/mol. The summed E-state index contributed by atoms with van der Waals surface area (Å²) in [6.45, 7) is 5.63. The quantitative estimate of drug-likeness (QED) is 0.780. The Kier molecular flexibility index (Phi) is 5.31. The molecule has 8 heteroatoms. The van der Waals surface area contributed by atoms with Gasteiger partial charge in [0.15, 0.2) is 5.69 Å². The zero-order chi connectivity index (χ0) is 20.5. The van der Waals surface area contributed by atoms with Crippen molar-refractivity contribution >= 4 is 17.2 Å². The van der Waals surface area contributed by atoms with Gasteiger partial charge in [0.1, 0.15) is 11.9 Å². The van der Waals surface area contributed by atoms with Gasteiger partial charge >= 0.3 is 6.18 Å². The van der Waals surface area contributed by atoms with Crippen molar-refractivity contribution in [2.45, 2.75) is 26.1 Å². The fourth-order valence-electron chi connectivity index (χ4n) is 3.31. The topological polar surface area (TPSA) is 70.9 Å². The molecule has 0 fully saturated rings. The van der Waals surface area contributed by atoms with Crippen molar-refractivity contribution in [3.63, 3.8) is 0 Å². The van der Waals surface area contributed by atoms with Crippen molar-refractivity contribution in [3.8, 4) is 11.1 Å². The molecule has 0 aliphatic heterocycles. The number of halogens is 3. The first-order valence-electron chi connectivity index (χ1n) is 9.01. The van der Waals surface area contributed by atoms with Gasteiger partial charge in [-0.25, -0.2) is 4.68 Å².